The molecule has 2 aliphatic rings. The average molecular weight is 414 g/mol. The van der Waals surface area contributed by atoms with Crippen LogP contribution in [0.1, 0.15) is 68.7 Å². The molecular weight excluding hydrogens is 378 g/mol. The molecule has 5 atom stereocenters. The number of ether oxygens (including phenoxy) is 3. The zero-order valence-electron chi connectivity index (χ0n) is 18.9. The number of amides is 1. The van der Waals surface area contributed by atoms with Crippen LogP contribution in [0.5, 0.6) is 0 Å². The van der Waals surface area contributed by atoms with Crippen molar-refractivity contribution in [2.24, 2.45) is 17.8 Å². The first-order valence-corrected chi connectivity index (χ1v) is 10.0. The molecule has 1 amide bonds. The monoisotopic (exact) mass is 413 g/mol. The first kappa shape index (κ1) is 23.4. The van der Waals surface area contributed by atoms with Crippen molar-refractivity contribution in [3.8, 4) is 0 Å². The second-order valence-electron chi connectivity index (χ2n) is 11.0. The van der Waals surface area contributed by atoms with Crippen molar-refractivity contribution in [2.75, 3.05) is 0 Å². The number of rotatable bonds is 3. The molecule has 0 aliphatic heterocycles. The van der Waals surface area contributed by atoms with Gasteiger partial charge in [0.2, 0.25) is 0 Å². The zero-order valence-corrected chi connectivity index (χ0v) is 18.9. The number of alkyl carbamates (subject to hydrolysis) is 1. The fourth-order valence-electron chi connectivity index (χ4n) is 3.98. The highest BCUT2D eigenvalue weighted by Crippen LogP contribution is 2.63. The maximum atomic E-state index is 13.2. The van der Waals surface area contributed by atoms with Gasteiger partial charge in [0.25, 0.3) is 0 Å². The van der Waals surface area contributed by atoms with E-state index >= 15 is 0 Å². The zero-order chi connectivity index (χ0) is 22.6. The van der Waals surface area contributed by atoms with Gasteiger partial charge in [-0.2, -0.15) is 0 Å². The van der Waals surface area contributed by atoms with Crippen LogP contribution in [0.15, 0.2) is 0 Å². The van der Waals surface area contributed by atoms with Crippen molar-refractivity contribution in [2.45, 2.75) is 97.2 Å². The molecule has 29 heavy (non-hydrogen) atoms. The summed E-state index contributed by atoms with van der Waals surface area (Å²) in [7, 11) is 0. The minimum atomic E-state index is -1.55. The molecule has 0 aromatic rings. The van der Waals surface area contributed by atoms with Crippen molar-refractivity contribution in [1.82, 2.24) is 5.32 Å². The first-order valence-electron chi connectivity index (χ1n) is 10.0. The molecule has 2 saturated carbocycles. The summed E-state index contributed by atoms with van der Waals surface area (Å²) in [6.45, 7) is 15.5. The van der Waals surface area contributed by atoms with Crippen LogP contribution in [0, 0.1) is 17.8 Å². The van der Waals surface area contributed by atoms with Gasteiger partial charge in [-0.05, 0) is 62.3 Å². The molecule has 8 heteroatoms. The van der Waals surface area contributed by atoms with Gasteiger partial charge in [0, 0.05) is 18.3 Å². The fraction of sp³-hybridized carbons (Fsp3) is 0.857. The van der Waals surface area contributed by atoms with Crippen molar-refractivity contribution in [3.05, 3.63) is 0 Å². The third-order valence-electron chi connectivity index (χ3n) is 4.79. The maximum absolute atomic E-state index is 13.2. The van der Waals surface area contributed by atoms with E-state index in [4.69, 9.17) is 14.2 Å². The van der Waals surface area contributed by atoms with E-state index in [0.29, 0.717) is 0 Å². The van der Waals surface area contributed by atoms with E-state index in [1.807, 2.05) is 0 Å². The van der Waals surface area contributed by atoms with E-state index in [0.717, 1.165) is 0 Å². The molecular formula is C21H35NO7. The molecule has 166 valence electrons. The quantitative estimate of drug-likeness (QED) is 0.540. The smallest absolute Gasteiger partial charge is 0.408 e. The SMILES string of the molecule is CC(C)(C)OC(=O)N[C@@]1(C(=O)OC(C)(C)C)C[C@H](O)C2[C@H](C(=O)OC(C)(C)C)[C@H]21. The van der Waals surface area contributed by atoms with Gasteiger partial charge in [-0.3, -0.25) is 4.79 Å². The second kappa shape index (κ2) is 7.15. The van der Waals surface area contributed by atoms with Crippen molar-refractivity contribution < 1.29 is 33.7 Å². The Labute approximate surface area is 172 Å². The van der Waals surface area contributed by atoms with Gasteiger partial charge in [-0.15, -0.1) is 0 Å². The summed E-state index contributed by atoms with van der Waals surface area (Å²) < 4.78 is 16.3. The van der Waals surface area contributed by atoms with E-state index in [2.05, 4.69) is 5.32 Å². The number of esters is 2. The molecule has 2 fully saturated rings. The third kappa shape index (κ3) is 5.41. The summed E-state index contributed by atoms with van der Waals surface area (Å²) in [5.74, 6) is -2.97. The van der Waals surface area contributed by atoms with E-state index in [-0.39, 0.29) is 6.42 Å². The standard InChI is InChI=1S/C21H35NO7/c1-18(2,3)27-15(24)13-12-11(23)10-21(14(12)13,16(25)28-19(4,5)6)22-17(26)29-20(7,8)9/h11-14,23H,10H2,1-9H3,(H,22,26)/t11-,12?,13-,14-,21-/m0/s1. The Morgan fingerprint density at radius 3 is 1.79 bits per heavy atom. The Bertz CT molecular complexity index is 683. The Morgan fingerprint density at radius 2 is 1.34 bits per heavy atom. The van der Waals surface area contributed by atoms with Gasteiger partial charge < -0.3 is 24.6 Å². The molecule has 1 unspecified atom stereocenters. The van der Waals surface area contributed by atoms with Gasteiger partial charge in [0.15, 0.2) is 0 Å². The van der Waals surface area contributed by atoms with E-state index < -0.39 is 64.2 Å². The molecule has 2 rings (SSSR count). The van der Waals surface area contributed by atoms with Crippen molar-refractivity contribution in [3.63, 3.8) is 0 Å². The lowest BCUT2D eigenvalue weighted by Crippen LogP contribution is -2.59. The topological polar surface area (TPSA) is 111 Å². The molecule has 0 radical (unpaired) electrons. The van der Waals surface area contributed by atoms with E-state index in [1.54, 1.807) is 62.3 Å². The highest BCUT2D eigenvalue weighted by atomic mass is 16.6. The number of nitrogens with one attached hydrogen (secondary N) is 1. The number of hydrogen-bond acceptors (Lipinski definition) is 7. The number of fused-ring (bicyclic) bond motifs is 1. The fourth-order valence-corrected chi connectivity index (χ4v) is 3.98. The number of hydrogen-bond donors (Lipinski definition) is 2. The summed E-state index contributed by atoms with van der Waals surface area (Å²) >= 11 is 0. The van der Waals surface area contributed by atoms with Gasteiger partial charge in [-0.25, -0.2) is 9.59 Å². The molecule has 2 N–H and O–H groups in total. The lowest BCUT2D eigenvalue weighted by molar-refractivity contribution is -0.166. The Kier molecular flexibility index (Phi) is 5.78. The van der Waals surface area contributed by atoms with Crippen LogP contribution < -0.4 is 5.32 Å². The van der Waals surface area contributed by atoms with Crippen LogP contribution in [0.3, 0.4) is 0 Å². The summed E-state index contributed by atoms with van der Waals surface area (Å²) in [4.78, 5) is 38.4. The van der Waals surface area contributed by atoms with Crippen LogP contribution in [-0.2, 0) is 23.8 Å². The summed E-state index contributed by atoms with van der Waals surface area (Å²) in [5, 5.41) is 13.2. The third-order valence-corrected chi connectivity index (χ3v) is 4.79. The van der Waals surface area contributed by atoms with Crippen molar-refractivity contribution >= 4 is 18.0 Å². The average Bonchev–Trinajstić information content (AvgIpc) is 3.10. The minimum absolute atomic E-state index is 0.0458. The minimum Gasteiger partial charge on any atom is -0.460 e. The van der Waals surface area contributed by atoms with Gasteiger partial charge in [-0.1, -0.05) is 0 Å². The van der Waals surface area contributed by atoms with Crippen LogP contribution in [0.2, 0.25) is 0 Å². The predicted molar refractivity (Wildman–Crippen MR) is 105 cm³/mol. The highest BCUT2D eigenvalue weighted by molar-refractivity contribution is 5.91. The van der Waals surface area contributed by atoms with Crippen LogP contribution in [0.25, 0.3) is 0 Å². The lowest BCUT2D eigenvalue weighted by Gasteiger charge is -2.35. The summed E-state index contributed by atoms with van der Waals surface area (Å²) in [6, 6.07) is 0. The number of aliphatic hydroxyl groups excluding tert-OH is 1. The number of aliphatic hydroxyl groups is 1. The van der Waals surface area contributed by atoms with Gasteiger partial charge >= 0.3 is 18.0 Å². The molecule has 0 saturated heterocycles. The molecule has 0 heterocycles. The lowest BCUT2D eigenvalue weighted by atomic mass is 9.89. The molecule has 0 aromatic carbocycles. The Hall–Kier alpha value is -1.83. The van der Waals surface area contributed by atoms with Gasteiger partial charge in [0.1, 0.15) is 22.3 Å². The first-order chi connectivity index (χ1) is 12.9. The maximum Gasteiger partial charge on any atom is 0.408 e. The molecule has 2 aliphatic carbocycles. The molecule has 8 nitrogen and oxygen atoms in total. The molecule has 0 aromatic heterocycles. The van der Waals surface area contributed by atoms with Crippen molar-refractivity contribution in [1.29, 1.82) is 0 Å². The highest BCUT2D eigenvalue weighted by Gasteiger charge is 2.76. The van der Waals surface area contributed by atoms with Crippen LogP contribution in [0.4, 0.5) is 4.79 Å². The summed E-state index contributed by atoms with van der Waals surface area (Å²) in [6.07, 6.45) is -1.79. The second-order valence-corrected chi connectivity index (χ2v) is 11.0. The number of carbonyl (C=O) groups is 3. The normalized spacial score (nSPS) is 31.5. The van der Waals surface area contributed by atoms with E-state index in [9.17, 15) is 19.5 Å². The van der Waals surface area contributed by atoms with Gasteiger partial charge in [0.05, 0.1) is 12.0 Å². The largest absolute Gasteiger partial charge is 0.460 e. The van der Waals surface area contributed by atoms with E-state index in [1.165, 1.54) is 0 Å². The molecule has 0 bridgehead atoms. The number of carbonyl (C=O) groups excluding carboxylic acids is 3. The predicted octanol–water partition coefficient (Wildman–Crippen LogP) is 2.56. The Balaban J connectivity index is 2.34. The summed E-state index contributed by atoms with van der Waals surface area (Å²) in [5.41, 5.74) is -3.84. The van der Waals surface area contributed by atoms with Crippen LogP contribution in [-0.4, -0.2) is 51.6 Å². The molecule has 0 spiro atoms. The Morgan fingerprint density at radius 1 is 0.862 bits per heavy atom. The van der Waals surface area contributed by atoms with Crippen LogP contribution >= 0.6 is 0 Å².